The zero-order chi connectivity index (χ0) is 12.5. The average molecular weight is 263 g/mol. The molecule has 1 atom stereocenters. The predicted molar refractivity (Wildman–Crippen MR) is 66.3 cm³/mol. The maximum Gasteiger partial charge on any atom is 0.295 e. The first-order valence-electron chi connectivity index (χ1n) is 5.92. The van der Waals surface area contributed by atoms with E-state index < -0.39 is 0 Å². The van der Waals surface area contributed by atoms with Gasteiger partial charge in [0.2, 0.25) is 0 Å². The fourth-order valence-electron chi connectivity index (χ4n) is 2.46. The number of fused-ring (bicyclic) bond motifs is 1. The lowest BCUT2D eigenvalue weighted by atomic mass is 9.98. The van der Waals surface area contributed by atoms with Crippen LogP contribution in [0.2, 0.25) is 0 Å². The Morgan fingerprint density at radius 1 is 1.67 bits per heavy atom. The Morgan fingerprint density at radius 2 is 2.56 bits per heavy atom. The second-order valence-electron chi connectivity index (χ2n) is 4.21. The summed E-state index contributed by atoms with van der Waals surface area (Å²) in [6.07, 6.45) is 1.81. The molecule has 0 bridgehead atoms. The standard InChI is InChI=1S/C11H13N5OS/c1-2-8-7-4-6-18-9(7)3-5-16(8)11(17)10-12-14-15-13-10/h4,6,8H,2-3,5H2,1H3,(H,12,13,14,15). The van der Waals surface area contributed by atoms with Crippen LogP contribution in [0.15, 0.2) is 11.4 Å². The smallest absolute Gasteiger partial charge is 0.295 e. The molecule has 0 fully saturated rings. The van der Waals surface area contributed by atoms with Crippen molar-refractivity contribution in [3.05, 3.63) is 27.7 Å². The lowest BCUT2D eigenvalue weighted by Crippen LogP contribution is -2.39. The first kappa shape index (κ1) is 11.3. The Labute approximate surface area is 108 Å². The third-order valence-corrected chi connectivity index (χ3v) is 4.28. The Bertz CT molecular complexity index is 550. The van der Waals surface area contributed by atoms with Gasteiger partial charge in [0.05, 0.1) is 6.04 Å². The number of carbonyl (C=O) groups excluding carboxylic acids is 1. The monoisotopic (exact) mass is 263 g/mol. The molecule has 0 spiro atoms. The Morgan fingerprint density at radius 3 is 3.28 bits per heavy atom. The molecule has 0 saturated heterocycles. The highest BCUT2D eigenvalue weighted by molar-refractivity contribution is 7.10. The van der Waals surface area contributed by atoms with E-state index in [1.54, 1.807) is 11.3 Å². The van der Waals surface area contributed by atoms with Crippen LogP contribution in [0.3, 0.4) is 0 Å². The minimum atomic E-state index is -0.146. The molecule has 2 aromatic heterocycles. The van der Waals surface area contributed by atoms with E-state index in [4.69, 9.17) is 0 Å². The van der Waals surface area contributed by atoms with Crippen LogP contribution in [0, 0.1) is 0 Å². The molecule has 94 valence electrons. The number of rotatable bonds is 2. The van der Waals surface area contributed by atoms with E-state index in [2.05, 4.69) is 39.0 Å². The number of amides is 1. The lowest BCUT2D eigenvalue weighted by molar-refractivity contribution is 0.0645. The van der Waals surface area contributed by atoms with Crippen molar-refractivity contribution in [2.75, 3.05) is 6.54 Å². The first-order chi connectivity index (χ1) is 8.81. The minimum absolute atomic E-state index is 0.131. The summed E-state index contributed by atoms with van der Waals surface area (Å²) in [6.45, 7) is 2.81. The van der Waals surface area contributed by atoms with Crippen molar-refractivity contribution in [2.24, 2.45) is 0 Å². The predicted octanol–water partition coefficient (Wildman–Crippen LogP) is 1.41. The molecule has 1 aliphatic heterocycles. The van der Waals surface area contributed by atoms with Gasteiger partial charge in [0.15, 0.2) is 0 Å². The summed E-state index contributed by atoms with van der Waals surface area (Å²) >= 11 is 1.77. The highest BCUT2D eigenvalue weighted by atomic mass is 32.1. The summed E-state index contributed by atoms with van der Waals surface area (Å²) in [7, 11) is 0. The molecule has 0 aromatic carbocycles. The SMILES string of the molecule is CCC1c2ccsc2CCN1C(=O)c1nn[nH]n1. The Kier molecular flexibility index (Phi) is 2.83. The maximum absolute atomic E-state index is 12.3. The molecule has 1 amide bonds. The number of nitrogens with one attached hydrogen (secondary N) is 1. The van der Waals surface area contributed by atoms with Crippen LogP contribution in [0.25, 0.3) is 0 Å². The van der Waals surface area contributed by atoms with Crippen LogP contribution in [0.4, 0.5) is 0 Å². The van der Waals surface area contributed by atoms with Gasteiger partial charge in [0.25, 0.3) is 11.7 Å². The van der Waals surface area contributed by atoms with Crippen molar-refractivity contribution in [1.29, 1.82) is 0 Å². The van der Waals surface area contributed by atoms with Gasteiger partial charge in [0, 0.05) is 11.4 Å². The number of H-pyrrole nitrogens is 1. The number of aromatic nitrogens is 4. The summed E-state index contributed by atoms with van der Waals surface area (Å²) in [5, 5.41) is 15.4. The van der Waals surface area contributed by atoms with Crippen LogP contribution in [0.5, 0.6) is 0 Å². The lowest BCUT2D eigenvalue weighted by Gasteiger charge is -2.34. The fourth-order valence-corrected chi connectivity index (χ4v) is 3.39. The molecule has 1 unspecified atom stereocenters. The van der Waals surface area contributed by atoms with E-state index >= 15 is 0 Å². The van der Waals surface area contributed by atoms with E-state index in [1.807, 2.05) is 4.90 Å². The van der Waals surface area contributed by atoms with Crippen molar-refractivity contribution in [1.82, 2.24) is 25.5 Å². The number of hydrogen-bond acceptors (Lipinski definition) is 5. The normalized spacial score (nSPS) is 18.7. The molecule has 0 radical (unpaired) electrons. The zero-order valence-electron chi connectivity index (χ0n) is 9.96. The molecule has 3 rings (SSSR count). The molecule has 3 heterocycles. The molecule has 2 aromatic rings. The van der Waals surface area contributed by atoms with Gasteiger partial charge in [-0.05, 0) is 35.1 Å². The number of hydrogen-bond donors (Lipinski definition) is 1. The molecule has 1 N–H and O–H groups in total. The molecule has 1 aliphatic rings. The number of thiophene rings is 1. The number of aromatic amines is 1. The second-order valence-corrected chi connectivity index (χ2v) is 5.21. The average Bonchev–Trinajstić information content (AvgIpc) is 3.06. The topological polar surface area (TPSA) is 74.8 Å². The van der Waals surface area contributed by atoms with Crippen molar-refractivity contribution in [3.63, 3.8) is 0 Å². The Hall–Kier alpha value is -1.76. The van der Waals surface area contributed by atoms with Gasteiger partial charge in [-0.25, -0.2) is 0 Å². The van der Waals surface area contributed by atoms with Crippen LogP contribution in [-0.4, -0.2) is 38.0 Å². The minimum Gasteiger partial charge on any atom is -0.328 e. The van der Waals surface area contributed by atoms with E-state index in [0.29, 0.717) is 0 Å². The van der Waals surface area contributed by atoms with Crippen LogP contribution >= 0.6 is 11.3 Å². The number of carbonyl (C=O) groups is 1. The molecule has 0 saturated carbocycles. The van der Waals surface area contributed by atoms with E-state index in [-0.39, 0.29) is 17.8 Å². The van der Waals surface area contributed by atoms with Gasteiger partial charge in [-0.2, -0.15) is 5.21 Å². The quantitative estimate of drug-likeness (QED) is 0.889. The highest BCUT2D eigenvalue weighted by Crippen LogP contribution is 2.35. The molecule has 18 heavy (non-hydrogen) atoms. The van der Waals surface area contributed by atoms with Gasteiger partial charge in [-0.3, -0.25) is 4.79 Å². The number of tetrazole rings is 1. The van der Waals surface area contributed by atoms with Crippen molar-refractivity contribution < 1.29 is 4.79 Å². The van der Waals surface area contributed by atoms with E-state index in [0.717, 1.165) is 19.4 Å². The fraction of sp³-hybridized carbons (Fsp3) is 0.455. The van der Waals surface area contributed by atoms with Gasteiger partial charge in [-0.15, -0.1) is 21.5 Å². The summed E-state index contributed by atoms with van der Waals surface area (Å²) in [5.74, 6) is -0.000389. The van der Waals surface area contributed by atoms with Crippen LogP contribution in [-0.2, 0) is 6.42 Å². The Balaban J connectivity index is 1.92. The third kappa shape index (κ3) is 1.71. The zero-order valence-corrected chi connectivity index (χ0v) is 10.8. The van der Waals surface area contributed by atoms with Gasteiger partial charge in [-0.1, -0.05) is 6.92 Å². The second kappa shape index (κ2) is 4.49. The molecular weight excluding hydrogens is 250 g/mol. The summed E-state index contributed by atoms with van der Waals surface area (Å²) in [5.41, 5.74) is 1.27. The number of nitrogens with zero attached hydrogens (tertiary/aromatic N) is 4. The third-order valence-electron chi connectivity index (χ3n) is 3.28. The molecule has 7 heteroatoms. The van der Waals surface area contributed by atoms with Crippen molar-refractivity contribution in [2.45, 2.75) is 25.8 Å². The maximum atomic E-state index is 12.3. The van der Waals surface area contributed by atoms with Crippen molar-refractivity contribution in [3.8, 4) is 0 Å². The molecule has 6 nitrogen and oxygen atoms in total. The van der Waals surface area contributed by atoms with Crippen LogP contribution < -0.4 is 0 Å². The summed E-state index contributed by atoms with van der Waals surface area (Å²) in [6, 6.07) is 2.25. The molecular formula is C11H13N5OS. The first-order valence-corrected chi connectivity index (χ1v) is 6.80. The van der Waals surface area contributed by atoms with Crippen molar-refractivity contribution >= 4 is 17.2 Å². The van der Waals surface area contributed by atoms with Gasteiger partial charge < -0.3 is 4.90 Å². The van der Waals surface area contributed by atoms with E-state index in [9.17, 15) is 4.79 Å². The highest BCUT2D eigenvalue weighted by Gasteiger charge is 2.32. The van der Waals surface area contributed by atoms with Gasteiger partial charge in [0.1, 0.15) is 0 Å². The van der Waals surface area contributed by atoms with E-state index in [1.165, 1.54) is 10.4 Å². The summed E-state index contributed by atoms with van der Waals surface area (Å²) < 4.78 is 0. The largest absolute Gasteiger partial charge is 0.328 e. The van der Waals surface area contributed by atoms with Gasteiger partial charge >= 0.3 is 0 Å². The van der Waals surface area contributed by atoms with Crippen LogP contribution in [0.1, 0.15) is 40.4 Å². The molecule has 0 aliphatic carbocycles. The summed E-state index contributed by atoms with van der Waals surface area (Å²) in [4.78, 5) is 15.5.